The number of aromatic nitrogens is 2. The first kappa shape index (κ1) is 15.0. The van der Waals surface area contributed by atoms with Crippen LogP contribution in [0.2, 0.25) is 0 Å². The predicted octanol–water partition coefficient (Wildman–Crippen LogP) is 3.50. The van der Waals surface area contributed by atoms with Crippen molar-refractivity contribution in [3.05, 3.63) is 66.1 Å². The molecule has 1 aromatic heterocycles. The second-order valence-electron chi connectivity index (χ2n) is 5.39. The van der Waals surface area contributed by atoms with Crippen molar-refractivity contribution in [3.8, 4) is 11.5 Å². The molecule has 0 fully saturated rings. The molecule has 2 heterocycles. The van der Waals surface area contributed by atoms with E-state index in [0.29, 0.717) is 18.2 Å². The molecule has 4 rings (SSSR count). The van der Waals surface area contributed by atoms with E-state index in [4.69, 9.17) is 9.15 Å². The molecule has 1 aliphatic heterocycles. The maximum Gasteiger partial charge on any atom is 0.320 e. The van der Waals surface area contributed by atoms with Crippen molar-refractivity contribution in [1.29, 1.82) is 0 Å². The third-order valence-corrected chi connectivity index (χ3v) is 5.03. The molecule has 0 radical (unpaired) electrons. The van der Waals surface area contributed by atoms with Crippen LogP contribution in [0, 0.1) is 0 Å². The molecule has 0 saturated heterocycles. The van der Waals surface area contributed by atoms with Crippen LogP contribution in [0.15, 0.2) is 63.9 Å². The van der Waals surface area contributed by atoms with E-state index in [0.717, 1.165) is 10.5 Å². The lowest BCUT2D eigenvalue weighted by Crippen LogP contribution is -2.19. The Bertz CT molecular complexity index is 838. The van der Waals surface area contributed by atoms with Gasteiger partial charge in [0.05, 0.1) is 0 Å². The summed E-state index contributed by atoms with van der Waals surface area (Å²) in [5, 5.41) is 7.70. The largest absolute Gasteiger partial charge is 0.455 e. The molecule has 3 aromatic rings. The first-order valence-corrected chi connectivity index (χ1v) is 8.46. The summed E-state index contributed by atoms with van der Waals surface area (Å²) in [6.07, 6.45) is 0.693. The van der Waals surface area contributed by atoms with Crippen LogP contribution >= 0.6 is 11.8 Å². The van der Waals surface area contributed by atoms with Crippen molar-refractivity contribution in [2.75, 3.05) is 0 Å². The van der Waals surface area contributed by atoms with Gasteiger partial charge in [0, 0.05) is 10.5 Å². The number of hydrogen-bond acceptors (Lipinski definition) is 6. The lowest BCUT2D eigenvalue weighted by Gasteiger charge is -2.07. The Hall–Kier alpha value is -2.60. The van der Waals surface area contributed by atoms with E-state index >= 15 is 0 Å². The number of nitrogens with zero attached hydrogens (tertiary/aromatic N) is 2. The zero-order valence-corrected chi connectivity index (χ0v) is 13.5. The highest BCUT2D eigenvalue weighted by atomic mass is 32.2. The van der Waals surface area contributed by atoms with Gasteiger partial charge in [0.25, 0.3) is 5.89 Å². The van der Waals surface area contributed by atoms with Gasteiger partial charge in [-0.3, -0.25) is 4.79 Å². The van der Waals surface area contributed by atoms with E-state index in [1.807, 2.05) is 54.6 Å². The summed E-state index contributed by atoms with van der Waals surface area (Å²) >= 11 is 1.54. The number of thioether (sulfide) groups is 1. The van der Waals surface area contributed by atoms with Crippen molar-refractivity contribution >= 4 is 17.7 Å². The van der Waals surface area contributed by atoms with Crippen LogP contribution in [-0.4, -0.2) is 21.4 Å². The SMILES string of the molecule is O=C(OCc1nnc(-c2ccccc2)o1)[C@H]1Cc2ccccc2S1. The lowest BCUT2D eigenvalue weighted by molar-refractivity contribution is -0.144. The third-order valence-electron chi connectivity index (χ3n) is 3.74. The molecule has 5 nitrogen and oxygen atoms in total. The second kappa shape index (κ2) is 6.49. The Balaban J connectivity index is 1.36. The summed E-state index contributed by atoms with van der Waals surface area (Å²) in [6, 6.07) is 17.5. The van der Waals surface area contributed by atoms with E-state index in [9.17, 15) is 4.79 Å². The molecule has 0 unspecified atom stereocenters. The van der Waals surface area contributed by atoms with Crippen LogP contribution in [-0.2, 0) is 22.6 Å². The Kier molecular flexibility index (Phi) is 4.04. The minimum atomic E-state index is -0.254. The number of carbonyl (C=O) groups is 1. The number of fused-ring (bicyclic) bond motifs is 1. The second-order valence-corrected chi connectivity index (χ2v) is 6.64. The molecule has 1 atom stereocenters. The van der Waals surface area contributed by atoms with Gasteiger partial charge in [-0.2, -0.15) is 0 Å². The number of hydrogen-bond donors (Lipinski definition) is 0. The fourth-order valence-electron chi connectivity index (χ4n) is 2.55. The van der Waals surface area contributed by atoms with Crippen molar-refractivity contribution in [1.82, 2.24) is 10.2 Å². The zero-order valence-electron chi connectivity index (χ0n) is 12.7. The number of carbonyl (C=O) groups excluding carboxylic acids is 1. The van der Waals surface area contributed by atoms with Crippen molar-refractivity contribution in [2.45, 2.75) is 23.2 Å². The lowest BCUT2D eigenvalue weighted by atomic mass is 10.1. The van der Waals surface area contributed by atoms with Crippen LogP contribution in [0.25, 0.3) is 11.5 Å². The first-order valence-electron chi connectivity index (χ1n) is 7.58. The number of ether oxygens (including phenoxy) is 1. The molecule has 24 heavy (non-hydrogen) atoms. The maximum atomic E-state index is 12.2. The van der Waals surface area contributed by atoms with E-state index in [-0.39, 0.29) is 17.8 Å². The molecule has 0 spiro atoms. The topological polar surface area (TPSA) is 65.2 Å². The predicted molar refractivity (Wildman–Crippen MR) is 89.3 cm³/mol. The molecule has 0 aliphatic carbocycles. The first-order chi connectivity index (χ1) is 11.8. The van der Waals surface area contributed by atoms with Crippen molar-refractivity contribution in [3.63, 3.8) is 0 Å². The highest BCUT2D eigenvalue weighted by molar-refractivity contribution is 8.01. The van der Waals surface area contributed by atoms with Gasteiger partial charge >= 0.3 is 5.97 Å². The van der Waals surface area contributed by atoms with Gasteiger partial charge in [-0.05, 0) is 30.2 Å². The van der Waals surface area contributed by atoms with E-state index in [2.05, 4.69) is 10.2 Å². The molecule has 0 amide bonds. The highest BCUT2D eigenvalue weighted by Gasteiger charge is 2.29. The molecule has 1 aliphatic rings. The zero-order chi connectivity index (χ0) is 16.4. The monoisotopic (exact) mass is 338 g/mol. The summed E-state index contributed by atoms with van der Waals surface area (Å²) < 4.78 is 10.9. The minimum Gasteiger partial charge on any atom is -0.455 e. The van der Waals surface area contributed by atoms with Gasteiger partial charge in [-0.15, -0.1) is 22.0 Å². The van der Waals surface area contributed by atoms with E-state index in [1.54, 1.807) is 11.8 Å². The van der Waals surface area contributed by atoms with Gasteiger partial charge < -0.3 is 9.15 Å². The number of benzene rings is 2. The van der Waals surface area contributed by atoms with Crippen LogP contribution in [0.5, 0.6) is 0 Å². The summed E-state index contributed by atoms with van der Waals surface area (Å²) in [7, 11) is 0. The Morgan fingerprint density at radius 3 is 2.75 bits per heavy atom. The summed E-state index contributed by atoms with van der Waals surface area (Å²) in [4.78, 5) is 13.4. The van der Waals surface area contributed by atoms with Gasteiger partial charge in [-0.1, -0.05) is 36.4 Å². The summed E-state index contributed by atoms with van der Waals surface area (Å²) in [5.74, 6) is 0.461. The average molecular weight is 338 g/mol. The van der Waals surface area contributed by atoms with Gasteiger partial charge in [0.2, 0.25) is 5.89 Å². The minimum absolute atomic E-state index is 0.00786. The molecule has 120 valence electrons. The average Bonchev–Trinajstić information content (AvgIpc) is 3.27. The van der Waals surface area contributed by atoms with Crippen molar-refractivity contribution < 1.29 is 13.9 Å². The van der Waals surface area contributed by atoms with Crippen molar-refractivity contribution in [2.24, 2.45) is 0 Å². The molecular formula is C18H14N2O3S. The van der Waals surface area contributed by atoms with Crippen LogP contribution < -0.4 is 0 Å². The van der Waals surface area contributed by atoms with Crippen LogP contribution in [0.1, 0.15) is 11.5 Å². The van der Waals surface area contributed by atoms with E-state index < -0.39 is 0 Å². The van der Waals surface area contributed by atoms with Gasteiger partial charge in [0.15, 0.2) is 6.61 Å². The molecule has 0 N–H and O–H groups in total. The number of rotatable bonds is 4. The van der Waals surface area contributed by atoms with Crippen LogP contribution in [0.4, 0.5) is 0 Å². The number of esters is 1. The molecule has 0 saturated carbocycles. The molecule has 2 aromatic carbocycles. The molecular weight excluding hydrogens is 324 g/mol. The maximum absolute atomic E-state index is 12.2. The van der Waals surface area contributed by atoms with Gasteiger partial charge in [-0.25, -0.2) is 0 Å². The fourth-order valence-corrected chi connectivity index (χ4v) is 3.74. The third kappa shape index (κ3) is 3.05. The molecule has 0 bridgehead atoms. The fraction of sp³-hybridized carbons (Fsp3) is 0.167. The molecule has 6 heteroatoms. The standard InChI is InChI=1S/C18H14N2O3S/c21-18(15-10-13-8-4-5-9-14(13)24-15)22-11-16-19-20-17(23-16)12-6-2-1-3-7-12/h1-9,15H,10-11H2/t15-/m1/s1. The summed E-state index contributed by atoms with van der Waals surface area (Å²) in [5.41, 5.74) is 2.03. The Morgan fingerprint density at radius 2 is 1.92 bits per heavy atom. The van der Waals surface area contributed by atoms with Gasteiger partial charge in [0.1, 0.15) is 5.25 Å². The Morgan fingerprint density at radius 1 is 1.12 bits per heavy atom. The van der Waals surface area contributed by atoms with Crippen LogP contribution in [0.3, 0.4) is 0 Å². The smallest absolute Gasteiger partial charge is 0.320 e. The summed E-state index contributed by atoms with van der Waals surface area (Å²) in [6.45, 7) is -0.00786. The van der Waals surface area contributed by atoms with E-state index in [1.165, 1.54) is 5.56 Å². The highest BCUT2D eigenvalue weighted by Crippen LogP contribution is 2.37. The quantitative estimate of drug-likeness (QED) is 0.679. The Labute approximate surface area is 143 Å². The normalized spacial score (nSPS) is 15.9.